The van der Waals surface area contributed by atoms with E-state index in [4.69, 9.17) is 0 Å². The number of nitrogens with one attached hydrogen (secondary N) is 1. The van der Waals surface area contributed by atoms with E-state index in [0.29, 0.717) is 12.0 Å². The molecular weight excluding hydrogens is 234 g/mol. The van der Waals surface area contributed by atoms with Gasteiger partial charge >= 0.3 is 0 Å². The van der Waals surface area contributed by atoms with Crippen LogP contribution in [0.3, 0.4) is 0 Å². The Labute approximate surface area is 120 Å². The Kier molecular flexibility index (Phi) is 8.72. The third kappa shape index (κ3) is 6.27. The minimum atomic E-state index is -0.162. The Morgan fingerprint density at radius 1 is 1.05 bits per heavy atom. The summed E-state index contributed by atoms with van der Waals surface area (Å²) in [4.78, 5) is 0. The van der Waals surface area contributed by atoms with Crippen LogP contribution in [-0.4, -0.2) is 23.8 Å². The smallest absolute Gasteiger partial charge is 0.0692 e. The van der Waals surface area contributed by atoms with Gasteiger partial charge in [-0.05, 0) is 31.1 Å². The minimum Gasteiger partial charge on any atom is -0.392 e. The number of rotatable bonds is 8. The zero-order valence-corrected chi connectivity index (χ0v) is 13.3. The van der Waals surface area contributed by atoms with Crippen LogP contribution in [0.1, 0.15) is 78.6 Å². The Balaban J connectivity index is 2.25. The molecular formula is C17H35NO. The Bertz CT molecular complexity index is 215. The lowest BCUT2D eigenvalue weighted by molar-refractivity contribution is 0.0975. The molecule has 0 aromatic heterocycles. The van der Waals surface area contributed by atoms with Gasteiger partial charge in [0.05, 0.1) is 6.10 Å². The van der Waals surface area contributed by atoms with Gasteiger partial charge in [-0.25, -0.2) is 0 Å². The third-order valence-corrected chi connectivity index (χ3v) is 4.99. The maximum atomic E-state index is 10.2. The van der Waals surface area contributed by atoms with Crippen molar-refractivity contribution >= 4 is 0 Å². The third-order valence-electron chi connectivity index (χ3n) is 4.99. The highest BCUT2D eigenvalue weighted by Gasteiger charge is 2.20. The number of hydrogen-bond donors (Lipinski definition) is 2. The van der Waals surface area contributed by atoms with Crippen LogP contribution in [0.2, 0.25) is 0 Å². The van der Waals surface area contributed by atoms with Gasteiger partial charge in [-0.15, -0.1) is 0 Å². The summed E-state index contributed by atoms with van der Waals surface area (Å²) in [6.07, 6.45) is 11.5. The second-order valence-electron chi connectivity index (χ2n) is 6.41. The summed E-state index contributed by atoms with van der Waals surface area (Å²) < 4.78 is 0. The molecule has 1 rings (SSSR count). The molecule has 2 heteroatoms. The molecule has 0 heterocycles. The van der Waals surface area contributed by atoms with Crippen molar-refractivity contribution in [1.29, 1.82) is 0 Å². The van der Waals surface area contributed by atoms with Crippen molar-refractivity contribution in [1.82, 2.24) is 5.32 Å². The van der Waals surface area contributed by atoms with Crippen molar-refractivity contribution in [3.63, 3.8) is 0 Å². The van der Waals surface area contributed by atoms with Crippen molar-refractivity contribution in [2.45, 2.75) is 90.7 Å². The molecule has 1 aliphatic carbocycles. The molecule has 114 valence electrons. The minimum absolute atomic E-state index is 0.162. The first-order valence-corrected chi connectivity index (χ1v) is 8.62. The predicted octanol–water partition coefficient (Wildman–Crippen LogP) is 4.12. The van der Waals surface area contributed by atoms with Crippen molar-refractivity contribution in [3.05, 3.63) is 0 Å². The van der Waals surface area contributed by atoms with Crippen molar-refractivity contribution in [3.8, 4) is 0 Å². The van der Waals surface area contributed by atoms with E-state index < -0.39 is 0 Å². The zero-order valence-electron chi connectivity index (χ0n) is 13.3. The summed E-state index contributed by atoms with van der Waals surface area (Å²) in [6.45, 7) is 7.44. The molecule has 3 unspecified atom stereocenters. The molecule has 0 bridgehead atoms. The lowest BCUT2D eigenvalue weighted by Gasteiger charge is -2.24. The first-order valence-electron chi connectivity index (χ1n) is 8.62. The van der Waals surface area contributed by atoms with Gasteiger partial charge in [-0.2, -0.15) is 0 Å². The fraction of sp³-hybridized carbons (Fsp3) is 1.00. The van der Waals surface area contributed by atoms with Gasteiger partial charge in [0, 0.05) is 12.6 Å². The first-order chi connectivity index (χ1) is 9.21. The maximum Gasteiger partial charge on any atom is 0.0692 e. The number of hydrogen-bond acceptors (Lipinski definition) is 2. The largest absolute Gasteiger partial charge is 0.392 e. The quantitative estimate of drug-likeness (QED) is 0.650. The van der Waals surface area contributed by atoms with E-state index >= 15 is 0 Å². The second kappa shape index (κ2) is 9.77. The molecule has 0 aromatic carbocycles. The average molecular weight is 269 g/mol. The highest BCUT2D eigenvalue weighted by Crippen LogP contribution is 2.26. The molecule has 3 atom stereocenters. The average Bonchev–Trinajstić information content (AvgIpc) is 2.64. The van der Waals surface area contributed by atoms with Crippen LogP contribution in [0.15, 0.2) is 0 Å². The van der Waals surface area contributed by atoms with Gasteiger partial charge in [0.25, 0.3) is 0 Å². The van der Waals surface area contributed by atoms with E-state index in [0.717, 1.165) is 25.3 Å². The summed E-state index contributed by atoms with van der Waals surface area (Å²) in [5.41, 5.74) is 0. The van der Waals surface area contributed by atoms with Gasteiger partial charge in [0.1, 0.15) is 0 Å². The molecule has 2 N–H and O–H groups in total. The van der Waals surface area contributed by atoms with Gasteiger partial charge in [-0.3, -0.25) is 0 Å². The standard InChI is InChI=1S/C17H35NO/c1-4-8-14-9-7-10-16(12-11-14)18-13-17(19)15(5-2)6-3/h14-19H,4-13H2,1-3H3. The van der Waals surface area contributed by atoms with Gasteiger partial charge < -0.3 is 10.4 Å². The normalized spacial score (nSPS) is 26.4. The van der Waals surface area contributed by atoms with E-state index in [1.807, 2.05) is 0 Å². The van der Waals surface area contributed by atoms with E-state index in [2.05, 4.69) is 26.1 Å². The Morgan fingerprint density at radius 2 is 1.79 bits per heavy atom. The van der Waals surface area contributed by atoms with Crippen LogP contribution in [0, 0.1) is 11.8 Å². The molecule has 2 nitrogen and oxygen atoms in total. The topological polar surface area (TPSA) is 32.3 Å². The predicted molar refractivity (Wildman–Crippen MR) is 83.4 cm³/mol. The van der Waals surface area contributed by atoms with Crippen LogP contribution in [0.4, 0.5) is 0 Å². The number of aliphatic hydroxyl groups is 1. The SMILES string of the molecule is CCCC1CCCC(NCC(O)C(CC)CC)CC1. The monoisotopic (exact) mass is 269 g/mol. The highest BCUT2D eigenvalue weighted by molar-refractivity contribution is 4.77. The van der Waals surface area contributed by atoms with Gasteiger partial charge in [-0.1, -0.05) is 59.3 Å². The lowest BCUT2D eigenvalue weighted by Crippen LogP contribution is -2.38. The fourth-order valence-electron chi connectivity index (χ4n) is 3.57. The molecule has 0 radical (unpaired) electrons. The van der Waals surface area contributed by atoms with Gasteiger partial charge in [0.2, 0.25) is 0 Å². The van der Waals surface area contributed by atoms with Crippen molar-refractivity contribution in [2.24, 2.45) is 11.8 Å². The summed E-state index contributed by atoms with van der Waals surface area (Å²) in [6, 6.07) is 0.644. The van der Waals surface area contributed by atoms with Crippen LogP contribution >= 0.6 is 0 Å². The molecule has 0 spiro atoms. The van der Waals surface area contributed by atoms with E-state index in [9.17, 15) is 5.11 Å². The van der Waals surface area contributed by atoms with Crippen LogP contribution in [-0.2, 0) is 0 Å². The molecule has 19 heavy (non-hydrogen) atoms. The van der Waals surface area contributed by atoms with Crippen LogP contribution < -0.4 is 5.32 Å². The Hall–Kier alpha value is -0.0800. The van der Waals surface area contributed by atoms with E-state index in [-0.39, 0.29) is 6.10 Å². The zero-order chi connectivity index (χ0) is 14.1. The Morgan fingerprint density at radius 3 is 2.42 bits per heavy atom. The van der Waals surface area contributed by atoms with Crippen molar-refractivity contribution < 1.29 is 5.11 Å². The molecule has 0 saturated heterocycles. The second-order valence-corrected chi connectivity index (χ2v) is 6.41. The molecule has 1 saturated carbocycles. The highest BCUT2D eigenvalue weighted by atomic mass is 16.3. The molecule has 1 fully saturated rings. The summed E-state index contributed by atoms with van der Waals surface area (Å²) >= 11 is 0. The molecule has 1 aliphatic rings. The van der Waals surface area contributed by atoms with Crippen LogP contribution in [0.25, 0.3) is 0 Å². The number of aliphatic hydroxyl groups excluding tert-OH is 1. The van der Waals surface area contributed by atoms with Crippen molar-refractivity contribution in [2.75, 3.05) is 6.54 Å². The summed E-state index contributed by atoms with van der Waals surface area (Å²) in [5.74, 6) is 1.42. The summed E-state index contributed by atoms with van der Waals surface area (Å²) in [7, 11) is 0. The molecule has 0 aliphatic heterocycles. The van der Waals surface area contributed by atoms with Gasteiger partial charge in [0.15, 0.2) is 0 Å². The van der Waals surface area contributed by atoms with E-state index in [1.54, 1.807) is 0 Å². The van der Waals surface area contributed by atoms with Crippen LogP contribution in [0.5, 0.6) is 0 Å². The lowest BCUT2D eigenvalue weighted by atomic mass is 9.95. The molecule has 0 amide bonds. The van der Waals surface area contributed by atoms with E-state index in [1.165, 1.54) is 44.9 Å². The fourth-order valence-corrected chi connectivity index (χ4v) is 3.57. The summed E-state index contributed by atoms with van der Waals surface area (Å²) in [5, 5.41) is 13.8. The molecule has 0 aromatic rings. The maximum absolute atomic E-state index is 10.2. The first kappa shape index (κ1) is 17.0.